The summed E-state index contributed by atoms with van der Waals surface area (Å²) in [5, 5.41) is 0. The lowest BCUT2D eigenvalue weighted by Gasteiger charge is -2.38. The van der Waals surface area contributed by atoms with Gasteiger partial charge in [0.05, 0.1) is 18.5 Å². The summed E-state index contributed by atoms with van der Waals surface area (Å²) in [7, 11) is 1.73. The third-order valence-electron chi connectivity index (χ3n) is 6.80. The SMILES string of the molecule is COc1ccccc1N1CCN(CCN(C(=O)C2CCCCC2)c2ccccc2I)CC1. The topological polar surface area (TPSA) is 36.0 Å². The Kier molecular flexibility index (Phi) is 8.30. The Morgan fingerprint density at radius 1 is 1.00 bits per heavy atom. The molecule has 0 unspecified atom stereocenters. The molecule has 2 aromatic rings. The van der Waals surface area contributed by atoms with E-state index >= 15 is 0 Å². The molecule has 0 N–H and O–H groups in total. The minimum atomic E-state index is 0.183. The third-order valence-corrected chi connectivity index (χ3v) is 7.71. The van der Waals surface area contributed by atoms with Gasteiger partial charge in [0, 0.05) is 48.8 Å². The lowest BCUT2D eigenvalue weighted by atomic mass is 9.88. The first-order valence-corrected chi connectivity index (χ1v) is 12.9. The smallest absolute Gasteiger partial charge is 0.230 e. The first kappa shape index (κ1) is 23.4. The standard InChI is InChI=1S/C26H34IN3O2/c1-32-25-14-8-7-13-24(25)29-18-15-28(16-19-29)17-20-30(23-12-6-5-11-22(23)27)26(31)21-9-3-2-4-10-21/h5-8,11-14,21H,2-4,9-10,15-20H2,1H3. The highest BCUT2D eigenvalue weighted by Gasteiger charge is 2.28. The van der Waals surface area contributed by atoms with Crippen LogP contribution in [0, 0.1) is 9.49 Å². The second-order valence-electron chi connectivity index (χ2n) is 8.78. The van der Waals surface area contributed by atoms with Gasteiger partial charge < -0.3 is 14.5 Å². The number of piperazine rings is 1. The van der Waals surface area contributed by atoms with E-state index in [9.17, 15) is 4.79 Å². The van der Waals surface area contributed by atoms with E-state index in [1.807, 2.05) is 24.3 Å². The second-order valence-corrected chi connectivity index (χ2v) is 9.94. The van der Waals surface area contributed by atoms with Gasteiger partial charge in [-0.05, 0) is 59.7 Å². The molecule has 1 saturated heterocycles. The molecular weight excluding hydrogens is 513 g/mol. The summed E-state index contributed by atoms with van der Waals surface area (Å²) in [6, 6.07) is 16.5. The number of halogens is 1. The Bertz CT molecular complexity index is 892. The van der Waals surface area contributed by atoms with Crippen LogP contribution in [0.25, 0.3) is 0 Å². The van der Waals surface area contributed by atoms with Crippen LogP contribution in [-0.4, -0.2) is 57.2 Å². The van der Waals surface area contributed by atoms with Crippen molar-refractivity contribution in [2.75, 3.05) is 56.2 Å². The number of methoxy groups -OCH3 is 1. The summed E-state index contributed by atoms with van der Waals surface area (Å²) >= 11 is 2.36. The van der Waals surface area contributed by atoms with Crippen LogP contribution in [0.1, 0.15) is 32.1 Å². The van der Waals surface area contributed by atoms with E-state index in [2.05, 4.69) is 61.6 Å². The summed E-state index contributed by atoms with van der Waals surface area (Å²) < 4.78 is 6.70. The summed E-state index contributed by atoms with van der Waals surface area (Å²) in [4.78, 5) is 20.5. The molecule has 5 nitrogen and oxygen atoms in total. The number of benzene rings is 2. The van der Waals surface area contributed by atoms with Crippen LogP contribution in [-0.2, 0) is 4.79 Å². The highest BCUT2D eigenvalue weighted by molar-refractivity contribution is 14.1. The Labute approximate surface area is 205 Å². The fourth-order valence-corrected chi connectivity index (χ4v) is 5.61. The van der Waals surface area contributed by atoms with E-state index < -0.39 is 0 Å². The molecule has 32 heavy (non-hydrogen) atoms. The van der Waals surface area contributed by atoms with Crippen LogP contribution in [0.2, 0.25) is 0 Å². The highest BCUT2D eigenvalue weighted by Crippen LogP contribution is 2.30. The number of amides is 1. The van der Waals surface area contributed by atoms with Crippen molar-refractivity contribution in [1.29, 1.82) is 0 Å². The van der Waals surface area contributed by atoms with Gasteiger partial charge in [-0.2, -0.15) is 0 Å². The van der Waals surface area contributed by atoms with Crippen LogP contribution in [0.3, 0.4) is 0 Å². The van der Waals surface area contributed by atoms with Crippen molar-refractivity contribution < 1.29 is 9.53 Å². The zero-order valence-corrected chi connectivity index (χ0v) is 21.2. The van der Waals surface area contributed by atoms with Crippen LogP contribution in [0.15, 0.2) is 48.5 Å². The van der Waals surface area contributed by atoms with Crippen molar-refractivity contribution in [1.82, 2.24) is 4.90 Å². The monoisotopic (exact) mass is 547 g/mol. The fraction of sp³-hybridized carbons (Fsp3) is 0.500. The van der Waals surface area contributed by atoms with Crippen molar-refractivity contribution in [3.8, 4) is 5.75 Å². The van der Waals surface area contributed by atoms with Crippen molar-refractivity contribution in [3.63, 3.8) is 0 Å². The van der Waals surface area contributed by atoms with Gasteiger partial charge in [-0.25, -0.2) is 0 Å². The van der Waals surface area contributed by atoms with E-state index in [0.29, 0.717) is 5.91 Å². The van der Waals surface area contributed by atoms with E-state index in [-0.39, 0.29) is 5.92 Å². The Morgan fingerprint density at radius 2 is 1.69 bits per heavy atom. The molecule has 0 radical (unpaired) electrons. The molecule has 0 bridgehead atoms. The molecule has 0 aromatic heterocycles. The molecule has 1 amide bonds. The van der Waals surface area contributed by atoms with Gasteiger partial charge in [-0.15, -0.1) is 0 Å². The van der Waals surface area contributed by atoms with Gasteiger partial charge >= 0.3 is 0 Å². The van der Waals surface area contributed by atoms with E-state index in [0.717, 1.165) is 67.1 Å². The van der Waals surface area contributed by atoms with Crippen LogP contribution in [0.5, 0.6) is 5.75 Å². The molecule has 0 atom stereocenters. The quantitative estimate of drug-likeness (QED) is 0.456. The number of hydrogen-bond acceptors (Lipinski definition) is 4. The van der Waals surface area contributed by atoms with Gasteiger partial charge in [0.15, 0.2) is 0 Å². The average molecular weight is 547 g/mol. The van der Waals surface area contributed by atoms with Gasteiger partial charge in [-0.1, -0.05) is 43.5 Å². The molecule has 4 rings (SSSR count). The molecule has 1 heterocycles. The zero-order chi connectivity index (χ0) is 22.3. The molecule has 2 aromatic carbocycles. The maximum atomic E-state index is 13.5. The largest absolute Gasteiger partial charge is 0.495 e. The number of ether oxygens (including phenoxy) is 1. The molecule has 2 aliphatic rings. The lowest BCUT2D eigenvalue weighted by Crippen LogP contribution is -2.49. The van der Waals surface area contributed by atoms with Gasteiger partial charge in [0.2, 0.25) is 5.91 Å². The van der Waals surface area contributed by atoms with Crippen molar-refractivity contribution in [3.05, 3.63) is 52.1 Å². The predicted octanol–water partition coefficient (Wildman–Crippen LogP) is 5.04. The van der Waals surface area contributed by atoms with Gasteiger partial charge in [-0.3, -0.25) is 9.69 Å². The van der Waals surface area contributed by atoms with Crippen molar-refractivity contribution >= 4 is 39.9 Å². The normalized spacial score (nSPS) is 17.9. The first-order valence-electron chi connectivity index (χ1n) is 11.8. The molecular formula is C26H34IN3O2. The molecule has 172 valence electrons. The van der Waals surface area contributed by atoms with Crippen LogP contribution < -0.4 is 14.5 Å². The summed E-state index contributed by atoms with van der Waals surface area (Å²) in [6.07, 6.45) is 5.71. The maximum absolute atomic E-state index is 13.5. The minimum Gasteiger partial charge on any atom is -0.495 e. The molecule has 1 saturated carbocycles. The highest BCUT2D eigenvalue weighted by atomic mass is 127. The number of anilines is 2. The lowest BCUT2D eigenvalue weighted by molar-refractivity contribution is -0.123. The number of rotatable bonds is 7. The van der Waals surface area contributed by atoms with Crippen LogP contribution >= 0.6 is 22.6 Å². The van der Waals surface area contributed by atoms with Crippen molar-refractivity contribution in [2.24, 2.45) is 5.92 Å². The molecule has 1 aliphatic heterocycles. The number of carbonyl (C=O) groups is 1. The van der Waals surface area contributed by atoms with Gasteiger partial charge in [0.1, 0.15) is 5.75 Å². The van der Waals surface area contributed by atoms with E-state index in [1.54, 1.807) is 7.11 Å². The summed E-state index contributed by atoms with van der Waals surface area (Å²) in [5.41, 5.74) is 2.24. The number of carbonyl (C=O) groups excluding carboxylic acids is 1. The van der Waals surface area contributed by atoms with E-state index in [1.165, 1.54) is 24.9 Å². The summed E-state index contributed by atoms with van der Waals surface area (Å²) in [5.74, 6) is 1.44. The van der Waals surface area contributed by atoms with Gasteiger partial charge in [0.25, 0.3) is 0 Å². The minimum absolute atomic E-state index is 0.183. The number of hydrogen-bond donors (Lipinski definition) is 0. The third kappa shape index (κ3) is 5.57. The zero-order valence-electron chi connectivity index (χ0n) is 19.0. The van der Waals surface area contributed by atoms with Crippen molar-refractivity contribution in [2.45, 2.75) is 32.1 Å². The maximum Gasteiger partial charge on any atom is 0.230 e. The first-order chi connectivity index (χ1) is 15.7. The van der Waals surface area contributed by atoms with Crippen LogP contribution in [0.4, 0.5) is 11.4 Å². The molecule has 1 aliphatic carbocycles. The Hall–Kier alpha value is -1.80. The molecule has 6 heteroatoms. The molecule has 0 spiro atoms. The average Bonchev–Trinajstić information content (AvgIpc) is 2.86. The predicted molar refractivity (Wildman–Crippen MR) is 140 cm³/mol. The Balaban J connectivity index is 1.39. The Morgan fingerprint density at radius 3 is 2.41 bits per heavy atom. The second kappa shape index (κ2) is 11.4. The number of nitrogens with zero attached hydrogens (tertiary/aromatic N) is 3. The fourth-order valence-electron chi connectivity index (χ4n) is 4.93. The summed E-state index contributed by atoms with van der Waals surface area (Å²) in [6.45, 7) is 5.59. The molecule has 2 fully saturated rings. The number of para-hydroxylation sites is 3. The van der Waals surface area contributed by atoms with E-state index in [4.69, 9.17) is 4.74 Å².